The van der Waals surface area contributed by atoms with Gasteiger partial charge >= 0.3 is 5.97 Å². The maximum atomic E-state index is 13.0. The highest BCUT2D eigenvalue weighted by Gasteiger charge is 2.50. The van der Waals surface area contributed by atoms with Gasteiger partial charge in [0.1, 0.15) is 19.3 Å². The first-order valence-electron chi connectivity index (χ1n) is 13.0. The Morgan fingerprint density at radius 1 is 1.03 bits per heavy atom. The summed E-state index contributed by atoms with van der Waals surface area (Å²) >= 11 is 0. The van der Waals surface area contributed by atoms with Crippen LogP contribution in [0.15, 0.2) is 23.1 Å². The zero-order chi connectivity index (χ0) is 25.5. The average molecular weight is 521 g/mol. The standard InChI is InChI=1S/C26H36N2O7S/c1-16(2)24(28-36(31,32)20-3-4-21-22(10-20)34-6-5-33-21)25(30)35-14-23(29)27-15-26-11-17-7-18(12-26)9-19(8-17)13-26/h3-4,10,16-19,24,28H,5-9,11-15H2,1-2H3,(H,27,29). The van der Waals surface area contributed by atoms with Crippen molar-refractivity contribution in [3.63, 3.8) is 0 Å². The third-order valence-corrected chi connectivity index (χ3v) is 9.64. The molecule has 1 aliphatic heterocycles. The molecule has 4 fully saturated rings. The Morgan fingerprint density at radius 2 is 1.64 bits per heavy atom. The number of rotatable bonds is 9. The monoisotopic (exact) mass is 520 g/mol. The Hall–Kier alpha value is -2.33. The molecule has 0 radical (unpaired) electrons. The van der Waals surface area contributed by atoms with Gasteiger partial charge in [0, 0.05) is 12.6 Å². The zero-order valence-corrected chi connectivity index (χ0v) is 21.8. The fourth-order valence-electron chi connectivity index (χ4n) is 6.95. The molecule has 4 saturated carbocycles. The van der Waals surface area contributed by atoms with Gasteiger partial charge in [-0.25, -0.2) is 8.42 Å². The summed E-state index contributed by atoms with van der Waals surface area (Å²) in [6, 6.07) is 3.16. The summed E-state index contributed by atoms with van der Waals surface area (Å²) < 4.78 is 44.6. The van der Waals surface area contributed by atoms with E-state index < -0.39 is 28.6 Å². The molecule has 4 aliphatic carbocycles. The molecule has 1 atom stereocenters. The van der Waals surface area contributed by atoms with E-state index >= 15 is 0 Å². The van der Waals surface area contributed by atoms with E-state index in [1.54, 1.807) is 13.8 Å². The summed E-state index contributed by atoms with van der Waals surface area (Å²) in [7, 11) is -4.04. The van der Waals surface area contributed by atoms with Crippen LogP contribution in [0.3, 0.4) is 0 Å². The van der Waals surface area contributed by atoms with E-state index in [9.17, 15) is 18.0 Å². The number of carbonyl (C=O) groups excluding carboxylic acids is 2. The van der Waals surface area contributed by atoms with Gasteiger partial charge < -0.3 is 19.5 Å². The van der Waals surface area contributed by atoms with Crippen LogP contribution in [0.4, 0.5) is 0 Å². The molecule has 0 saturated heterocycles. The van der Waals surface area contributed by atoms with Crippen molar-refractivity contribution in [3.8, 4) is 11.5 Å². The van der Waals surface area contributed by atoms with Gasteiger partial charge in [-0.15, -0.1) is 0 Å². The third kappa shape index (κ3) is 5.34. The molecule has 1 unspecified atom stereocenters. The lowest BCUT2D eigenvalue weighted by Gasteiger charge is -2.56. The van der Waals surface area contributed by atoms with Crippen LogP contribution in [0.25, 0.3) is 0 Å². The SMILES string of the molecule is CC(C)C(NS(=O)(=O)c1ccc2c(c1)OCCO2)C(=O)OCC(=O)NCC12CC3CC(CC(C3)C1)C2. The smallest absolute Gasteiger partial charge is 0.324 e. The second kappa shape index (κ2) is 9.85. The number of carbonyl (C=O) groups is 2. The quantitative estimate of drug-likeness (QED) is 0.480. The number of hydrogen-bond donors (Lipinski definition) is 2. The minimum Gasteiger partial charge on any atom is -0.486 e. The molecule has 1 aromatic rings. The Balaban J connectivity index is 1.15. The van der Waals surface area contributed by atoms with E-state index in [1.807, 2.05) is 0 Å². The lowest BCUT2D eigenvalue weighted by Crippen LogP contribution is -2.51. The highest BCUT2D eigenvalue weighted by molar-refractivity contribution is 7.89. The topological polar surface area (TPSA) is 120 Å². The lowest BCUT2D eigenvalue weighted by atomic mass is 9.49. The summed E-state index contributed by atoms with van der Waals surface area (Å²) in [4.78, 5) is 25.3. The number of ether oxygens (including phenoxy) is 3. The number of hydrogen-bond acceptors (Lipinski definition) is 7. The van der Waals surface area contributed by atoms with Crippen molar-refractivity contribution in [1.82, 2.24) is 10.0 Å². The summed E-state index contributed by atoms with van der Waals surface area (Å²) in [5, 5.41) is 2.99. The largest absolute Gasteiger partial charge is 0.486 e. The van der Waals surface area contributed by atoms with Crippen molar-refractivity contribution in [3.05, 3.63) is 18.2 Å². The molecule has 1 amide bonds. The third-order valence-electron chi connectivity index (χ3n) is 8.20. The van der Waals surface area contributed by atoms with Crippen molar-refractivity contribution in [2.75, 3.05) is 26.4 Å². The molecule has 9 nitrogen and oxygen atoms in total. The average Bonchev–Trinajstić information content (AvgIpc) is 2.83. The van der Waals surface area contributed by atoms with E-state index in [0.717, 1.165) is 17.8 Å². The van der Waals surface area contributed by atoms with Crippen LogP contribution in [0.2, 0.25) is 0 Å². The molecule has 0 spiro atoms. The molecule has 1 heterocycles. The van der Waals surface area contributed by atoms with Gasteiger partial charge in [0.15, 0.2) is 18.1 Å². The van der Waals surface area contributed by atoms with Crippen molar-refractivity contribution in [2.45, 2.75) is 63.3 Å². The second-order valence-electron chi connectivity index (χ2n) is 11.5. The molecule has 1 aromatic carbocycles. The van der Waals surface area contributed by atoms with Gasteiger partial charge in [-0.2, -0.15) is 4.72 Å². The Bertz CT molecular complexity index is 1080. The molecule has 198 valence electrons. The minimum atomic E-state index is -4.04. The number of amides is 1. The van der Waals surface area contributed by atoms with Crippen molar-refractivity contribution in [2.24, 2.45) is 29.1 Å². The highest BCUT2D eigenvalue weighted by Crippen LogP contribution is 2.59. The van der Waals surface area contributed by atoms with Gasteiger partial charge in [0.05, 0.1) is 4.90 Å². The Morgan fingerprint density at radius 3 is 2.25 bits per heavy atom. The molecule has 2 N–H and O–H groups in total. The van der Waals surface area contributed by atoms with Crippen molar-refractivity contribution >= 4 is 21.9 Å². The lowest BCUT2D eigenvalue weighted by molar-refractivity contribution is -0.151. The van der Waals surface area contributed by atoms with Gasteiger partial charge in [-0.3, -0.25) is 9.59 Å². The summed E-state index contributed by atoms with van der Waals surface area (Å²) in [5.74, 6) is 1.66. The van der Waals surface area contributed by atoms with Crippen LogP contribution >= 0.6 is 0 Å². The predicted octanol–water partition coefficient (Wildman–Crippen LogP) is 2.64. The summed E-state index contributed by atoms with van der Waals surface area (Å²) in [5.41, 5.74) is 0.189. The van der Waals surface area contributed by atoms with Crippen LogP contribution in [-0.2, 0) is 24.3 Å². The molecular formula is C26H36N2O7S. The first-order chi connectivity index (χ1) is 17.1. The molecule has 4 bridgehead atoms. The number of esters is 1. The molecule has 0 aromatic heterocycles. The number of fused-ring (bicyclic) bond motifs is 1. The predicted molar refractivity (Wildman–Crippen MR) is 131 cm³/mol. The fraction of sp³-hybridized carbons (Fsp3) is 0.692. The Kier molecular flexibility index (Phi) is 6.93. The van der Waals surface area contributed by atoms with Gasteiger partial charge in [-0.1, -0.05) is 13.8 Å². The van der Waals surface area contributed by atoms with E-state index in [-0.39, 0.29) is 22.1 Å². The summed E-state index contributed by atoms with van der Waals surface area (Å²) in [6.45, 7) is 4.35. The van der Waals surface area contributed by atoms with Crippen LogP contribution in [0, 0.1) is 29.1 Å². The molecular weight excluding hydrogens is 484 g/mol. The van der Waals surface area contributed by atoms with Crippen LogP contribution in [0.1, 0.15) is 52.4 Å². The fourth-order valence-corrected chi connectivity index (χ4v) is 8.30. The van der Waals surface area contributed by atoms with Crippen molar-refractivity contribution < 1.29 is 32.2 Å². The van der Waals surface area contributed by atoms with Crippen LogP contribution in [-0.4, -0.2) is 52.7 Å². The van der Waals surface area contributed by atoms with Crippen LogP contribution < -0.4 is 19.5 Å². The van der Waals surface area contributed by atoms with Gasteiger partial charge in [0.25, 0.3) is 5.91 Å². The van der Waals surface area contributed by atoms with E-state index in [0.29, 0.717) is 31.3 Å². The van der Waals surface area contributed by atoms with E-state index in [4.69, 9.17) is 14.2 Å². The second-order valence-corrected chi connectivity index (χ2v) is 13.2. The van der Waals surface area contributed by atoms with E-state index in [2.05, 4.69) is 10.0 Å². The van der Waals surface area contributed by atoms with Gasteiger partial charge in [-0.05, 0) is 79.7 Å². The molecule has 6 rings (SSSR count). The first kappa shape index (κ1) is 25.3. The minimum absolute atomic E-state index is 0.0430. The number of sulfonamides is 1. The highest BCUT2D eigenvalue weighted by atomic mass is 32.2. The van der Waals surface area contributed by atoms with Crippen LogP contribution in [0.5, 0.6) is 11.5 Å². The number of nitrogens with one attached hydrogen (secondary N) is 2. The van der Waals surface area contributed by atoms with E-state index in [1.165, 1.54) is 56.7 Å². The van der Waals surface area contributed by atoms with Gasteiger partial charge in [0.2, 0.25) is 10.0 Å². The maximum absolute atomic E-state index is 13.0. The normalized spacial score (nSPS) is 29.1. The van der Waals surface area contributed by atoms with Crippen molar-refractivity contribution in [1.29, 1.82) is 0 Å². The number of benzene rings is 1. The zero-order valence-electron chi connectivity index (χ0n) is 21.0. The molecule has 10 heteroatoms. The molecule has 5 aliphatic rings. The Labute approximate surface area is 212 Å². The first-order valence-corrected chi connectivity index (χ1v) is 14.5. The maximum Gasteiger partial charge on any atom is 0.324 e. The summed E-state index contributed by atoms with van der Waals surface area (Å²) in [6.07, 6.45) is 7.54. The molecule has 36 heavy (non-hydrogen) atoms.